The molecule has 0 saturated heterocycles. The van der Waals surface area contributed by atoms with E-state index in [9.17, 15) is 16.8 Å². The normalized spacial score (nSPS) is 12.4. The van der Waals surface area contributed by atoms with Crippen molar-refractivity contribution in [3.05, 3.63) is 30.3 Å². The van der Waals surface area contributed by atoms with E-state index in [1.807, 2.05) is 6.92 Å². The Morgan fingerprint density at radius 3 is 2.19 bits per heavy atom. The van der Waals surface area contributed by atoms with Gasteiger partial charge in [0.15, 0.2) is 0 Å². The summed E-state index contributed by atoms with van der Waals surface area (Å²) < 4.78 is 51.7. The van der Waals surface area contributed by atoms with Gasteiger partial charge in [-0.25, -0.2) is 26.3 Å². The Hall–Kier alpha value is -1.00. The maximum Gasteiger partial charge on any atom is 0.240 e. The lowest BCUT2D eigenvalue weighted by Crippen LogP contribution is -2.37. The predicted molar refractivity (Wildman–Crippen MR) is 82.0 cm³/mol. The average molecular weight is 335 g/mol. The van der Waals surface area contributed by atoms with Crippen LogP contribution in [0.3, 0.4) is 0 Å². The van der Waals surface area contributed by atoms with Gasteiger partial charge in [0.1, 0.15) is 0 Å². The van der Waals surface area contributed by atoms with Gasteiger partial charge < -0.3 is 5.32 Å². The predicted octanol–water partition coefficient (Wildman–Crippen LogP) is -0.506. The smallest absolute Gasteiger partial charge is 0.240 e. The molecule has 0 saturated carbocycles. The highest BCUT2D eigenvalue weighted by molar-refractivity contribution is 7.90. The Morgan fingerprint density at radius 1 is 0.905 bits per heavy atom. The molecule has 120 valence electrons. The Bertz CT molecular complexity index is 615. The van der Waals surface area contributed by atoms with E-state index in [4.69, 9.17) is 0 Å². The van der Waals surface area contributed by atoms with E-state index in [-0.39, 0.29) is 23.7 Å². The molecule has 0 radical (unpaired) electrons. The van der Waals surface area contributed by atoms with E-state index in [0.29, 0.717) is 6.54 Å². The second-order valence-electron chi connectivity index (χ2n) is 4.28. The number of benzene rings is 1. The second-order valence-corrected chi connectivity index (χ2v) is 7.97. The lowest BCUT2D eigenvalue weighted by atomic mass is 10.4. The minimum atomic E-state index is -3.67. The standard InChI is InChI=1S/C12H21N3O4S2/c1-2-13-8-9-14-20(16,17)11-10-15-21(18,19)12-6-4-3-5-7-12/h3-7,13-15H,2,8-11H2,1H3. The minimum absolute atomic E-state index is 0.113. The van der Waals surface area contributed by atoms with Gasteiger partial charge in [0.05, 0.1) is 10.6 Å². The zero-order valence-electron chi connectivity index (χ0n) is 11.9. The Balaban J connectivity index is 2.42. The zero-order chi connectivity index (χ0) is 15.8. The molecule has 0 fully saturated rings. The Labute approximate surface area is 126 Å². The van der Waals surface area contributed by atoms with Crippen molar-refractivity contribution in [3.63, 3.8) is 0 Å². The van der Waals surface area contributed by atoms with Gasteiger partial charge in [-0.3, -0.25) is 0 Å². The first-order chi connectivity index (χ1) is 9.87. The molecule has 0 aliphatic heterocycles. The molecule has 0 aliphatic rings. The minimum Gasteiger partial charge on any atom is -0.316 e. The largest absolute Gasteiger partial charge is 0.316 e. The molecule has 0 aliphatic carbocycles. The van der Waals surface area contributed by atoms with Gasteiger partial charge in [0.2, 0.25) is 20.0 Å². The van der Waals surface area contributed by atoms with Crippen LogP contribution < -0.4 is 14.8 Å². The number of hydrogen-bond acceptors (Lipinski definition) is 5. The first-order valence-electron chi connectivity index (χ1n) is 6.60. The monoisotopic (exact) mass is 335 g/mol. The summed E-state index contributed by atoms with van der Waals surface area (Å²) in [6.07, 6.45) is 0. The van der Waals surface area contributed by atoms with Crippen molar-refractivity contribution < 1.29 is 16.8 Å². The number of hydrogen-bond donors (Lipinski definition) is 3. The van der Waals surface area contributed by atoms with Crippen LogP contribution in [0.5, 0.6) is 0 Å². The van der Waals surface area contributed by atoms with Gasteiger partial charge in [0, 0.05) is 19.6 Å². The molecule has 21 heavy (non-hydrogen) atoms. The van der Waals surface area contributed by atoms with Crippen molar-refractivity contribution >= 4 is 20.0 Å². The molecular formula is C12H21N3O4S2. The average Bonchev–Trinajstić information content (AvgIpc) is 2.44. The van der Waals surface area contributed by atoms with Gasteiger partial charge in [-0.15, -0.1) is 0 Å². The van der Waals surface area contributed by atoms with Crippen LogP contribution in [0.2, 0.25) is 0 Å². The zero-order valence-corrected chi connectivity index (χ0v) is 13.5. The van der Waals surface area contributed by atoms with Crippen molar-refractivity contribution in [3.8, 4) is 0 Å². The molecule has 0 heterocycles. The van der Waals surface area contributed by atoms with Gasteiger partial charge in [-0.1, -0.05) is 25.1 Å². The molecule has 0 amide bonds. The summed E-state index contributed by atoms with van der Waals surface area (Å²) in [4.78, 5) is 0.113. The van der Waals surface area contributed by atoms with Gasteiger partial charge in [-0.2, -0.15) is 0 Å². The summed E-state index contributed by atoms with van der Waals surface area (Å²) in [7, 11) is -7.15. The van der Waals surface area contributed by atoms with Crippen molar-refractivity contribution in [1.29, 1.82) is 0 Å². The molecule has 9 heteroatoms. The highest BCUT2D eigenvalue weighted by Crippen LogP contribution is 2.06. The molecule has 0 unspecified atom stereocenters. The molecule has 7 nitrogen and oxygen atoms in total. The van der Waals surface area contributed by atoms with Crippen LogP contribution in [-0.4, -0.2) is 48.8 Å². The van der Waals surface area contributed by atoms with E-state index in [1.54, 1.807) is 18.2 Å². The highest BCUT2D eigenvalue weighted by Gasteiger charge is 2.15. The third kappa shape index (κ3) is 7.00. The summed E-state index contributed by atoms with van der Waals surface area (Å²) in [5.74, 6) is -0.300. The van der Waals surface area contributed by atoms with Crippen LogP contribution in [0.1, 0.15) is 6.92 Å². The third-order valence-corrected chi connectivity index (χ3v) is 5.45. The lowest BCUT2D eigenvalue weighted by Gasteiger charge is -2.08. The molecule has 1 aromatic rings. The summed E-state index contributed by atoms with van der Waals surface area (Å²) in [6, 6.07) is 7.82. The van der Waals surface area contributed by atoms with Crippen LogP contribution in [0.4, 0.5) is 0 Å². The SMILES string of the molecule is CCNCCNS(=O)(=O)CCNS(=O)(=O)c1ccccc1. The van der Waals surface area contributed by atoms with Gasteiger partial charge in [0.25, 0.3) is 0 Å². The molecule has 1 aromatic carbocycles. The van der Waals surface area contributed by atoms with Crippen LogP contribution in [-0.2, 0) is 20.0 Å². The molecule has 3 N–H and O–H groups in total. The highest BCUT2D eigenvalue weighted by atomic mass is 32.2. The summed E-state index contributed by atoms with van der Waals surface area (Å²) >= 11 is 0. The van der Waals surface area contributed by atoms with E-state index in [2.05, 4.69) is 14.8 Å². The van der Waals surface area contributed by atoms with Gasteiger partial charge in [-0.05, 0) is 18.7 Å². The fraction of sp³-hybridized carbons (Fsp3) is 0.500. The van der Waals surface area contributed by atoms with E-state index in [0.717, 1.165) is 6.54 Å². The molecule has 0 spiro atoms. The second kappa shape index (κ2) is 8.44. The summed E-state index contributed by atoms with van der Waals surface area (Å²) in [5, 5.41) is 2.98. The Kier molecular flexibility index (Phi) is 7.26. The van der Waals surface area contributed by atoms with Crippen molar-refractivity contribution in [2.45, 2.75) is 11.8 Å². The summed E-state index contributed by atoms with van der Waals surface area (Å²) in [5.41, 5.74) is 0. The first kappa shape index (κ1) is 18.1. The van der Waals surface area contributed by atoms with Crippen molar-refractivity contribution in [2.24, 2.45) is 0 Å². The van der Waals surface area contributed by atoms with Gasteiger partial charge >= 0.3 is 0 Å². The number of likely N-dealkylation sites (N-methyl/N-ethyl adjacent to an activating group) is 1. The Morgan fingerprint density at radius 2 is 1.57 bits per heavy atom. The van der Waals surface area contributed by atoms with Crippen molar-refractivity contribution in [2.75, 3.05) is 31.9 Å². The topological polar surface area (TPSA) is 104 Å². The van der Waals surface area contributed by atoms with Crippen LogP contribution >= 0.6 is 0 Å². The maximum absolute atomic E-state index is 11.9. The fourth-order valence-corrected chi connectivity index (χ4v) is 3.65. The quantitative estimate of drug-likeness (QED) is 0.500. The number of sulfonamides is 2. The lowest BCUT2D eigenvalue weighted by molar-refractivity contribution is 0.572. The molecule has 1 rings (SSSR count). The van der Waals surface area contributed by atoms with E-state index < -0.39 is 20.0 Å². The van der Waals surface area contributed by atoms with E-state index >= 15 is 0 Å². The molecular weight excluding hydrogens is 314 g/mol. The molecule has 0 atom stereocenters. The summed E-state index contributed by atoms with van der Waals surface area (Å²) in [6.45, 7) is 3.33. The molecule has 0 bridgehead atoms. The van der Waals surface area contributed by atoms with Crippen molar-refractivity contribution in [1.82, 2.24) is 14.8 Å². The first-order valence-corrected chi connectivity index (χ1v) is 9.74. The van der Waals surface area contributed by atoms with E-state index in [1.165, 1.54) is 12.1 Å². The van der Waals surface area contributed by atoms with Crippen LogP contribution in [0.15, 0.2) is 35.2 Å². The van der Waals surface area contributed by atoms with Crippen LogP contribution in [0, 0.1) is 0 Å². The number of rotatable bonds is 10. The third-order valence-electron chi connectivity index (χ3n) is 2.59. The fourth-order valence-electron chi connectivity index (χ4n) is 1.54. The maximum atomic E-state index is 11.9. The molecule has 0 aromatic heterocycles. The number of nitrogens with one attached hydrogen (secondary N) is 3. The van der Waals surface area contributed by atoms with Crippen LogP contribution in [0.25, 0.3) is 0 Å².